The highest BCUT2D eigenvalue weighted by Crippen LogP contribution is 2.02. The van der Waals surface area contributed by atoms with Crippen LogP contribution in [-0.4, -0.2) is 0 Å². The van der Waals surface area contributed by atoms with Gasteiger partial charge in [0.25, 0.3) is 0 Å². The van der Waals surface area contributed by atoms with Crippen molar-refractivity contribution in [3.05, 3.63) is 78.4 Å². The highest BCUT2D eigenvalue weighted by atomic mass is 13.9. The van der Waals surface area contributed by atoms with E-state index in [1.807, 2.05) is 42.5 Å². The lowest BCUT2D eigenvalue weighted by Gasteiger charge is -1.91. The molecule has 0 atom stereocenters. The molecule has 0 aliphatic heterocycles. The smallest absolute Gasteiger partial charge is 0.0262 e. The van der Waals surface area contributed by atoms with Gasteiger partial charge in [-0.05, 0) is 12.5 Å². The molecule has 15 heavy (non-hydrogen) atoms. The molecule has 0 saturated carbocycles. The summed E-state index contributed by atoms with van der Waals surface area (Å²) in [5.74, 6) is 0. The Morgan fingerprint density at radius 2 is 1.20 bits per heavy atom. The van der Waals surface area contributed by atoms with Gasteiger partial charge in [0.2, 0.25) is 0 Å². The quantitative estimate of drug-likeness (QED) is 0.637. The maximum Gasteiger partial charge on any atom is -0.0262 e. The second kappa shape index (κ2) is 6.61. The molecule has 0 heteroatoms. The molecule has 0 aliphatic rings. The van der Waals surface area contributed by atoms with Crippen molar-refractivity contribution in [1.82, 2.24) is 0 Å². The van der Waals surface area contributed by atoms with E-state index in [0.717, 1.165) is 0 Å². The van der Waals surface area contributed by atoms with Crippen LogP contribution in [0.4, 0.5) is 0 Å². The van der Waals surface area contributed by atoms with Crippen LogP contribution in [0.2, 0.25) is 0 Å². The van der Waals surface area contributed by atoms with Gasteiger partial charge in [-0.2, -0.15) is 0 Å². The van der Waals surface area contributed by atoms with E-state index in [2.05, 4.69) is 37.8 Å². The van der Waals surface area contributed by atoms with Gasteiger partial charge in [-0.3, -0.25) is 0 Å². The summed E-state index contributed by atoms with van der Waals surface area (Å²) in [5.41, 5.74) is 2.47. The average molecular weight is 196 g/mol. The van der Waals surface area contributed by atoms with Crippen molar-refractivity contribution >= 4 is 6.08 Å². The van der Waals surface area contributed by atoms with Gasteiger partial charge in [0.15, 0.2) is 0 Å². The topological polar surface area (TPSA) is 0 Å². The van der Waals surface area contributed by atoms with Crippen molar-refractivity contribution in [1.29, 1.82) is 0 Å². The Morgan fingerprint density at radius 1 is 0.800 bits per heavy atom. The number of rotatable bonds is 1. The highest BCUT2D eigenvalue weighted by Gasteiger charge is 1.82. The molecule has 0 bridgehead atoms. The molecule has 0 nitrogen and oxygen atoms in total. The third-order valence-electron chi connectivity index (χ3n) is 1.98. The second-order valence-electron chi connectivity index (χ2n) is 3.27. The molecule has 0 fully saturated rings. The minimum Gasteiger partial charge on any atom is -0.0985 e. The van der Waals surface area contributed by atoms with Crippen LogP contribution in [-0.2, 0) is 0 Å². The summed E-state index contributed by atoms with van der Waals surface area (Å²) in [6.07, 6.45) is 1.85. The first-order chi connectivity index (χ1) is 7.33. The lowest BCUT2D eigenvalue weighted by atomic mass is 10.2. The maximum absolute atomic E-state index is 3.66. The number of hydrogen-bond acceptors (Lipinski definition) is 0. The monoisotopic (exact) mass is 196 g/mol. The molecule has 0 saturated heterocycles. The molecule has 0 radical (unpaired) electrons. The van der Waals surface area contributed by atoms with Crippen LogP contribution in [0.25, 0.3) is 6.08 Å². The summed E-state index contributed by atoms with van der Waals surface area (Å²) in [4.78, 5) is 0. The first kappa shape index (κ1) is 11.3. The van der Waals surface area contributed by atoms with Crippen LogP contribution in [0.1, 0.15) is 11.1 Å². The Kier molecular flexibility index (Phi) is 4.96. The van der Waals surface area contributed by atoms with Gasteiger partial charge in [0.1, 0.15) is 0 Å². The predicted octanol–water partition coefficient (Wildman–Crippen LogP) is 4.32. The summed E-state index contributed by atoms with van der Waals surface area (Å²) < 4.78 is 0. The summed E-state index contributed by atoms with van der Waals surface area (Å²) >= 11 is 0. The molecule has 2 aromatic carbocycles. The molecule has 2 rings (SSSR count). The molecular formula is C15H16. The molecular weight excluding hydrogens is 180 g/mol. The SMILES string of the molecule is C=Cc1ccc(C)cc1.c1ccccc1. The van der Waals surface area contributed by atoms with Crippen molar-refractivity contribution in [2.45, 2.75) is 6.92 Å². The maximum atomic E-state index is 3.66. The molecule has 76 valence electrons. The first-order valence-electron chi connectivity index (χ1n) is 5.02. The van der Waals surface area contributed by atoms with Gasteiger partial charge >= 0.3 is 0 Å². The third-order valence-corrected chi connectivity index (χ3v) is 1.98. The summed E-state index contributed by atoms with van der Waals surface area (Å²) in [5, 5.41) is 0. The summed E-state index contributed by atoms with van der Waals surface area (Å²) in [6, 6.07) is 20.3. The normalized spacial score (nSPS) is 8.60. The van der Waals surface area contributed by atoms with E-state index in [0.29, 0.717) is 0 Å². The fourth-order valence-corrected chi connectivity index (χ4v) is 1.09. The van der Waals surface area contributed by atoms with Crippen molar-refractivity contribution in [2.75, 3.05) is 0 Å². The fourth-order valence-electron chi connectivity index (χ4n) is 1.09. The molecule has 0 spiro atoms. The van der Waals surface area contributed by atoms with Crippen molar-refractivity contribution in [3.8, 4) is 0 Å². The number of aryl methyl sites for hydroxylation is 1. The number of hydrogen-bond donors (Lipinski definition) is 0. The zero-order valence-electron chi connectivity index (χ0n) is 9.06. The Hall–Kier alpha value is -1.82. The van der Waals surface area contributed by atoms with E-state index in [1.54, 1.807) is 0 Å². The highest BCUT2D eigenvalue weighted by molar-refractivity contribution is 5.46. The van der Waals surface area contributed by atoms with Gasteiger partial charge in [-0.15, -0.1) is 0 Å². The van der Waals surface area contributed by atoms with Gasteiger partial charge < -0.3 is 0 Å². The van der Waals surface area contributed by atoms with Crippen LogP contribution in [0.15, 0.2) is 67.2 Å². The van der Waals surface area contributed by atoms with E-state index in [-0.39, 0.29) is 0 Å². The van der Waals surface area contributed by atoms with Gasteiger partial charge in [0.05, 0.1) is 0 Å². The summed E-state index contributed by atoms with van der Waals surface area (Å²) in [6.45, 7) is 5.74. The Morgan fingerprint density at radius 3 is 1.53 bits per heavy atom. The molecule has 0 aromatic heterocycles. The van der Waals surface area contributed by atoms with Crippen LogP contribution in [0.3, 0.4) is 0 Å². The van der Waals surface area contributed by atoms with Crippen LogP contribution in [0.5, 0.6) is 0 Å². The van der Waals surface area contributed by atoms with Crippen LogP contribution < -0.4 is 0 Å². The third kappa shape index (κ3) is 4.82. The van der Waals surface area contributed by atoms with Crippen LogP contribution >= 0.6 is 0 Å². The first-order valence-corrected chi connectivity index (χ1v) is 5.02. The van der Waals surface area contributed by atoms with Crippen LogP contribution in [0, 0.1) is 6.92 Å². The van der Waals surface area contributed by atoms with E-state index in [1.165, 1.54) is 11.1 Å². The molecule has 0 aliphatic carbocycles. The molecule has 0 unspecified atom stereocenters. The Balaban J connectivity index is 0.000000162. The summed E-state index contributed by atoms with van der Waals surface area (Å²) in [7, 11) is 0. The predicted molar refractivity (Wildman–Crippen MR) is 67.7 cm³/mol. The number of benzene rings is 2. The van der Waals surface area contributed by atoms with Crippen molar-refractivity contribution in [2.24, 2.45) is 0 Å². The van der Waals surface area contributed by atoms with Crippen molar-refractivity contribution in [3.63, 3.8) is 0 Å². The van der Waals surface area contributed by atoms with Gasteiger partial charge in [-0.25, -0.2) is 0 Å². The Bertz CT molecular complexity index is 344. The average Bonchev–Trinajstić information content (AvgIpc) is 2.33. The standard InChI is InChI=1S/C9H10.C6H6/c1-3-9-6-4-8(2)5-7-9;1-2-4-6-5-3-1/h3-7H,1H2,2H3;1-6H. The van der Waals surface area contributed by atoms with E-state index < -0.39 is 0 Å². The lowest BCUT2D eigenvalue weighted by molar-refractivity contribution is 1.46. The second-order valence-corrected chi connectivity index (χ2v) is 3.27. The molecule has 0 heterocycles. The zero-order valence-corrected chi connectivity index (χ0v) is 9.06. The van der Waals surface area contributed by atoms with E-state index in [9.17, 15) is 0 Å². The Labute approximate surface area is 91.9 Å². The largest absolute Gasteiger partial charge is 0.0985 e. The molecule has 0 amide bonds. The lowest BCUT2D eigenvalue weighted by Crippen LogP contribution is -1.71. The van der Waals surface area contributed by atoms with Crippen molar-refractivity contribution < 1.29 is 0 Å². The minimum absolute atomic E-state index is 1.18. The zero-order chi connectivity index (χ0) is 10.9. The van der Waals surface area contributed by atoms with Gasteiger partial charge in [-0.1, -0.05) is 78.9 Å². The van der Waals surface area contributed by atoms with E-state index >= 15 is 0 Å². The van der Waals surface area contributed by atoms with Gasteiger partial charge in [0, 0.05) is 0 Å². The molecule has 2 aromatic rings. The van der Waals surface area contributed by atoms with E-state index in [4.69, 9.17) is 0 Å². The minimum atomic E-state index is 1.18. The molecule has 0 N–H and O–H groups in total. The fraction of sp³-hybridized carbons (Fsp3) is 0.0667.